The first-order valence-electron chi connectivity index (χ1n) is 7.02. The van der Waals surface area contributed by atoms with Crippen molar-refractivity contribution in [3.63, 3.8) is 0 Å². The van der Waals surface area contributed by atoms with Crippen molar-refractivity contribution >= 4 is 15.9 Å². The summed E-state index contributed by atoms with van der Waals surface area (Å²) in [4.78, 5) is 4.53. The van der Waals surface area contributed by atoms with Crippen molar-refractivity contribution in [2.45, 2.75) is 26.2 Å². The highest BCUT2D eigenvalue weighted by Crippen LogP contribution is 2.27. The van der Waals surface area contributed by atoms with Crippen LogP contribution in [0.1, 0.15) is 24.3 Å². The maximum atomic E-state index is 5.40. The lowest BCUT2D eigenvalue weighted by atomic mass is 9.96. The Balaban J connectivity index is 1.75. The van der Waals surface area contributed by atoms with Gasteiger partial charge in [-0.05, 0) is 56.5 Å². The molecule has 0 amide bonds. The summed E-state index contributed by atoms with van der Waals surface area (Å²) in [6.45, 7) is 4.24. The maximum Gasteiger partial charge on any atom is 0.227 e. The minimum atomic E-state index is 0.610. The van der Waals surface area contributed by atoms with Gasteiger partial charge >= 0.3 is 0 Å². The third kappa shape index (κ3) is 3.10. The van der Waals surface area contributed by atoms with Crippen LogP contribution in [0, 0.1) is 12.8 Å². The molecule has 0 spiro atoms. The first-order valence-corrected chi connectivity index (χ1v) is 7.81. The maximum absolute atomic E-state index is 5.40. The quantitative estimate of drug-likeness (QED) is 0.934. The van der Waals surface area contributed by atoms with Crippen LogP contribution in [0.2, 0.25) is 0 Å². The molecule has 20 heavy (non-hydrogen) atoms. The van der Waals surface area contributed by atoms with E-state index < -0.39 is 0 Å². The van der Waals surface area contributed by atoms with Crippen LogP contribution in [-0.4, -0.2) is 23.2 Å². The molecular formula is C15H18BrN3O. The number of benzene rings is 1. The van der Waals surface area contributed by atoms with E-state index in [-0.39, 0.29) is 0 Å². The van der Waals surface area contributed by atoms with Crippen LogP contribution in [0.5, 0.6) is 0 Å². The molecular weight excluding hydrogens is 318 g/mol. The van der Waals surface area contributed by atoms with E-state index in [1.165, 1.54) is 18.4 Å². The molecule has 1 atom stereocenters. The summed E-state index contributed by atoms with van der Waals surface area (Å²) in [5.41, 5.74) is 2.19. The van der Waals surface area contributed by atoms with E-state index in [0.717, 1.165) is 35.4 Å². The van der Waals surface area contributed by atoms with Gasteiger partial charge in [0.2, 0.25) is 11.7 Å². The minimum Gasteiger partial charge on any atom is -0.339 e. The van der Waals surface area contributed by atoms with Crippen LogP contribution in [0.3, 0.4) is 0 Å². The summed E-state index contributed by atoms with van der Waals surface area (Å²) in [6.07, 6.45) is 3.33. The normalized spacial score (nSPS) is 19.2. The van der Waals surface area contributed by atoms with Crippen LogP contribution in [0.4, 0.5) is 0 Å². The predicted molar refractivity (Wildman–Crippen MR) is 81.5 cm³/mol. The molecule has 0 saturated carbocycles. The summed E-state index contributed by atoms with van der Waals surface area (Å²) in [7, 11) is 0. The molecule has 1 aliphatic rings. The number of nitrogens with zero attached hydrogens (tertiary/aromatic N) is 2. The molecule has 3 rings (SSSR count). The molecule has 1 fully saturated rings. The Labute approximate surface area is 127 Å². The Morgan fingerprint density at radius 1 is 1.45 bits per heavy atom. The molecule has 1 unspecified atom stereocenters. The smallest absolute Gasteiger partial charge is 0.227 e. The molecule has 1 saturated heterocycles. The Morgan fingerprint density at radius 2 is 2.35 bits per heavy atom. The van der Waals surface area contributed by atoms with Crippen molar-refractivity contribution in [3.8, 4) is 11.4 Å². The van der Waals surface area contributed by atoms with E-state index >= 15 is 0 Å². The fraction of sp³-hybridized carbons (Fsp3) is 0.467. The lowest BCUT2D eigenvalue weighted by Gasteiger charge is -2.20. The first kappa shape index (κ1) is 13.8. The third-order valence-corrected chi connectivity index (χ3v) is 4.35. The Bertz CT molecular complexity index is 591. The van der Waals surface area contributed by atoms with Gasteiger partial charge in [-0.2, -0.15) is 4.98 Å². The van der Waals surface area contributed by atoms with Gasteiger partial charge in [0, 0.05) is 16.5 Å². The number of nitrogens with one attached hydrogen (secondary N) is 1. The number of rotatable bonds is 3. The number of halogens is 1. The highest BCUT2D eigenvalue weighted by molar-refractivity contribution is 9.10. The van der Waals surface area contributed by atoms with Gasteiger partial charge in [0.05, 0.1) is 0 Å². The van der Waals surface area contributed by atoms with Gasteiger partial charge in [0.25, 0.3) is 0 Å². The minimum absolute atomic E-state index is 0.610. The van der Waals surface area contributed by atoms with Crippen LogP contribution >= 0.6 is 15.9 Å². The highest BCUT2D eigenvalue weighted by Gasteiger charge is 2.18. The van der Waals surface area contributed by atoms with Crippen LogP contribution < -0.4 is 5.32 Å². The second-order valence-electron chi connectivity index (χ2n) is 5.41. The number of aryl methyl sites for hydroxylation is 1. The molecule has 1 aliphatic heterocycles. The molecule has 5 heteroatoms. The summed E-state index contributed by atoms with van der Waals surface area (Å²) in [5, 5.41) is 7.52. The number of hydrogen-bond acceptors (Lipinski definition) is 4. The van der Waals surface area contributed by atoms with Crippen molar-refractivity contribution in [3.05, 3.63) is 34.1 Å². The second-order valence-corrected chi connectivity index (χ2v) is 6.27. The second kappa shape index (κ2) is 6.06. The average Bonchev–Trinajstić information content (AvgIpc) is 2.88. The molecule has 0 aliphatic carbocycles. The molecule has 4 nitrogen and oxygen atoms in total. The lowest BCUT2D eigenvalue weighted by molar-refractivity contribution is 0.316. The van der Waals surface area contributed by atoms with E-state index in [2.05, 4.69) is 50.4 Å². The van der Waals surface area contributed by atoms with Gasteiger partial charge in [0.15, 0.2) is 0 Å². The zero-order chi connectivity index (χ0) is 13.9. The first-order chi connectivity index (χ1) is 9.72. The molecule has 2 heterocycles. The van der Waals surface area contributed by atoms with Gasteiger partial charge < -0.3 is 9.84 Å². The number of hydrogen-bond donors (Lipinski definition) is 1. The van der Waals surface area contributed by atoms with Crippen molar-refractivity contribution in [1.82, 2.24) is 15.5 Å². The van der Waals surface area contributed by atoms with E-state index in [0.29, 0.717) is 11.7 Å². The van der Waals surface area contributed by atoms with E-state index in [9.17, 15) is 0 Å². The zero-order valence-electron chi connectivity index (χ0n) is 11.5. The molecule has 2 aromatic rings. The zero-order valence-corrected chi connectivity index (χ0v) is 13.1. The summed E-state index contributed by atoms with van der Waals surface area (Å²) in [6, 6.07) is 6.15. The average molecular weight is 336 g/mol. The molecule has 0 radical (unpaired) electrons. The van der Waals surface area contributed by atoms with Crippen molar-refractivity contribution in [1.29, 1.82) is 0 Å². The molecule has 1 aromatic carbocycles. The number of aromatic nitrogens is 2. The molecule has 1 N–H and O–H groups in total. The topological polar surface area (TPSA) is 51.0 Å². The monoisotopic (exact) mass is 335 g/mol. The van der Waals surface area contributed by atoms with Crippen LogP contribution in [0.15, 0.2) is 27.2 Å². The Hall–Kier alpha value is -1.20. The predicted octanol–water partition coefficient (Wildman–Crippen LogP) is 3.35. The lowest BCUT2D eigenvalue weighted by Crippen LogP contribution is -2.30. The van der Waals surface area contributed by atoms with Gasteiger partial charge in [-0.15, -0.1) is 0 Å². The van der Waals surface area contributed by atoms with Crippen LogP contribution in [-0.2, 0) is 6.42 Å². The van der Waals surface area contributed by atoms with Gasteiger partial charge in [-0.1, -0.05) is 27.2 Å². The summed E-state index contributed by atoms with van der Waals surface area (Å²) >= 11 is 3.56. The van der Waals surface area contributed by atoms with Crippen molar-refractivity contribution in [2.75, 3.05) is 13.1 Å². The largest absolute Gasteiger partial charge is 0.339 e. The van der Waals surface area contributed by atoms with Gasteiger partial charge in [-0.25, -0.2) is 0 Å². The fourth-order valence-corrected chi connectivity index (χ4v) is 3.26. The van der Waals surface area contributed by atoms with Crippen molar-refractivity contribution < 1.29 is 4.52 Å². The van der Waals surface area contributed by atoms with Gasteiger partial charge in [0.1, 0.15) is 0 Å². The third-order valence-electron chi connectivity index (χ3n) is 3.70. The van der Waals surface area contributed by atoms with Crippen molar-refractivity contribution in [2.24, 2.45) is 5.92 Å². The Kier molecular flexibility index (Phi) is 4.17. The molecule has 0 bridgehead atoms. The summed E-state index contributed by atoms with van der Waals surface area (Å²) < 4.78 is 6.40. The molecule has 106 valence electrons. The standard InChI is InChI=1S/C15H18BrN3O/c1-10-4-5-12(13(16)7-10)15-18-14(20-19-15)8-11-3-2-6-17-9-11/h4-5,7,11,17H,2-3,6,8-9H2,1H3. The number of piperidine rings is 1. The SMILES string of the molecule is Cc1ccc(-c2noc(CC3CCCNC3)n2)c(Br)c1. The Morgan fingerprint density at radius 3 is 3.10 bits per heavy atom. The van der Waals surface area contributed by atoms with E-state index in [1.54, 1.807) is 0 Å². The highest BCUT2D eigenvalue weighted by atomic mass is 79.9. The van der Waals surface area contributed by atoms with E-state index in [1.807, 2.05) is 6.07 Å². The van der Waals surface area contributed by atoms with Gasteiger partial charge in [-0.3, -0.25) is 0 Å². The summed E-state index contributed by atoms with van der Waals surface area (Å²) in [5.74, 6) is 2.01. The molecule has 1 aromatic heterocycles. The van der Waals surface area contributed by atoms with E-state index in [4.69, 9.17) is 4.52 Å². The fourth-order valence-electron chi connectivity index (χ4n) is 2.59. The van der Waals surface area contributed by atoms with Crippen LogP contribution in [0.25, 0.3) is 11.4 Å².